The van der Waals surface area contributed by atoms with E-state index in [2.05, 4.69) is 11.8 Å². The van der Waals surface area contributed by atoms with Gasteiger partial charge in [0.15, 0.2) is 0 Å². The standard InChI is InChI=1S/C11H21NO2/c1-4-12(8-10-5-6-10)7-9(2)11(13)14-3/h9-10H,4-8H2,1-3H3. The van der Waals surface area contributed by atoms with E-state index < -0.39 is 0 Å². The van der Waals surface area contributed by atoms with E-state index in [0.717, 1.165) is 25.6 Å². The highest BCUT2D eigenvalue weighted by Crippen LogP contribution is 2.29. The van der Waals surface area contributed by atoms with Crippen LogP contribution in [0.25, 0.3) is 0 Å². The first kappa shape index (κ1) is 11.5. The average Bonchev–Trinajstić information content (AvgIpc) is 2.99. The highest BCUT2D eigenvalue weighted by atomic mass is 16.5. The second kappa shape index (κ2) is 5.35. The van der Waals surface area contributed by atoms with Crippen molar-refractivity contribution in [3.63, 3.8) is 0 Å². The first-order valence-electron chi connectivity index (χ1n) is 5.47. The molecule has 1 atom stereocenters. The fraction of sp³-hybridized carbons (Fsp3) is 0.909. The van der Waals surface area contributed by atoms with Gasteiger partial charge in [-0.05, 0) is 25.3 Å². The quantitative estimate of drug-likeness (QED) is 0.608. The van der Waals surface area contributed by atoms with Gasteiger partial charge < -0.3 is 9.64 Å². The van der Waals surface area contributed by atoms with Crippen LogP contribution in [0.4, 0.5) is 0 Å². The molecule has 0 aromatic heterocycles. The Balaban J connectivity index is 2.26. The Labute approximate surface area is 86.4 Å². The maximum absolute atomic E-state index is 11.2. The van der Waals surface area contributed by atoms with Crippen LogP contribution in [0.5, 0.6) is 0 Å². The van der Waals surface area contributed by atoms with E-state index in [1.807, 2.05) is 6.92 Å². The monoisotopic (exact) mass is 199 g/mol. The number of ether oxygens (including phenoxy) is 1. The van der Waals surface area contributed by atoms with Gasteiger partial charge in [-0.25, -0.2) is 0 Å². The SMILES string of the molecule is CCN(CC1CC1)CC(C)C(=O)OC. The largest absolute Gasteiger partial charge is 0.469 e. The Morgan fingerprint density at radius 2 is 2.21 bits per heavy atom. The molecule has 0 heterocycles. The molecule has 0 saturated heterocycles. The van der Waals surface area contributed by atoms with E-state index in [-0.39, 0.29) is 11.9 Å². The molecule has 0 bridgehead atoms. The minimum atomic E-state index is -0.0979. The Morgan fingerprint density at radius 1 is 1.57 bits per heavy atom. The van der Waals surface area contributed by atoms with Crippen LogP contribution in [0.15, 0.2) is 0 Å². The molecule has 3 heteroatoms. The zero-order valence-corrected chi connectivity index (χ0v) is 9.45. The van der Waals surface area contributed by atoms with Crippen LogP contribution in [0.1, 0.15) is 26.7 Å². The Morgan fingerprint density at radius 3 is 2.64 bits per heavy atom. The van der Waals surface area contributed by atoms with Crippen molar-refractivity contribution in [3.8, 4) is 0 Å². The minimum Gasteiger partial charge on any atom is -0.469 e. The number of rotatable bonds is 6. The molecule has 14 heavy (non-hydrogen) atoms. The summed E-state index contributed by atoms with van der Waals surface area (Å²) in [7, 11) is 1.45. The third-order valence-corrected chi connectivity index (χ3v) is 2.80. The number of methoxy groups -OCH3 is 1. The molecule has 0 radical (unpaired) electrons. The summed E-state index contributed by atoms with van der Waals surface area (Å²) in [4.78, 5) is 13.6. The van der Waals surface area contributed by atoms with Crippen molar-refractivity contribution in [2.75, 3.05) is 26.7 Å². The second-order valence-electron chi connectivity index (χ2n) is 4.22. The lowest BCUT2D eigenvalue weighted by atomic mass is 10.1. The third-order valence-electron chi connectivity index (χ3n) is 2.80. The highest BCUT2D eigenvalue weighted by Gasteiger charge is 2.25. The van der Waals surface area contributed by atoms with E-state index in [9.17, 15) is 4.79 Å². The van der Waals surface area contributed by atoms with Crippen molar-refractivity contribution in [3.05, 3.63) is 0 Å². The summed E-state index contributed by atoms with van der Waals surface area (Å²) in [5.74, 6) is 0.790. The van der Waals surface area contributed by atoms with Crippen molar-refractivity contribution in [1.29, 1.82) is 0 Å². The predicted octanol–water partition coefficient (Wildman–Crippen LogP) is 1.53. The summed E-state index contributed by atoms with van der Waals surface area (Å²) in [5, 5.41) is 0. The third kappa shape index (κ3) is 3.66. The molecule has 1 aliphatic rings. The van der Waals surface area contributed by atoms with Crippen LogP contribution < -0.4 is 0 Å². The smallest absolute Gasteiger partial charge is 0.309 e. The zero-order chi connectivity index (χ0) is 10.6. The normalized spacial score (nSPS) is 18.3. The molecular weight excluding hydrogens is 178 g/mol. The van der Waals surface area contributed by atoms with E-state index in [1.165, 1.54) is 20.0 Å². The summed E-state index contributed by atoms with van der Waals surface area (Å²) in [6, 6.07) is 0. The highest BCUT2D eigenvalue weighted by molar-refractivity contribution is 5.72. The molecule has 0 N–H and O–H groups in total. The Hall–Kier alpha value is -0.570. The number of esters is 1. The first-order chi connectivity index (χ1) is 6.67. The molecule has 1 aliphatic carbocycles. The van der Waals surface area contributed by atoms with Gasteiger partial charge in [0.2, 0.25) is 0 Å². The Bertz CT molecular complexity index is 190. The van der Waals surface area contributed by atoms with Gasteiger partial charge in [-0.15, -0.1) is 0 Å². The summed E-state index contributed by atoms with van der Waals surface area (Å²) in [5.41, 5.74) is 0. The maximum Gasteiger partial charge on any atom is 0.309 e. The molecule has 1 fully saturated rings. The number of carbonyl (C=O) groups is 1. The lowest BCUT2D eigenvalue weighted by Gasteiger charge is -2.22. The van der Waals surface area contributed by atoms with Gasteiger partial charge in [0.25, 0.3) is 0 Å². The summed E-state index contributed by atoms with van der Waals surface area (Å²) < 4.78 is 4.71. The van der Waals surface area contributed by atoms with Crippen molar-refractivity contribution < 1.29 is 9.53 Å². The van der Waals surface area contributed by atoms with Crippen LogP contribution in [-0.2, 0) is 9.53 Å². The fourth-order valence-electron chi connectivity index (χ4n) is 1.66. The van der Waals surface area contributed by atoms with Gasteiger partial charge in [0.1, 0.15) is 0 Å². The van der Waals surface area contributed by atoms with Crippen LogP contribution >= 0.6 is 0 Å². The van der Waals surface area contributed by atoms with Crippen LogP contribution in [-0.4, -0.2) is 37.6 Å². The molecule has 0 aromatic carbocycles. The average molecular weight is 199 g/mol. The number of carbonyl (C=O) groups excluding carboxylic acids is 1. The number of hydrogen-bond donors (Lipinski definition) is 0. The van der Waals surface area contributed by atoms with Crippen LogP contribution in [0.3, 0.4) is 0 Å². The van der Waals surface area contributed by atoms with Crippen molar-refractivity contribution in [2.45, 2.75) is 26.7 Å². The zero-order valence-electron chi connectivity index (χ0n) is 9.45. The van der Waals surface area contributed by atoms with E-state index in [0.29, 0.717) is 0 Å². The topological polar surface area (TPSA) is 29.5 Å². The van der Waals surface area contributed by atoms with Crippen molar-refractivity contribution in [1.82, 2.24) is 4.90 Å². The van der Waals surface area contributed by atoms with E-state index in [1.54, 1.807) is 0 Å². The lowest BCUT2D eigenvalue weighted by molar-refractivity contribution is -0.145. The Kier molecular flexibility index (Phi) is 4.39. The van der Waals surface area contributed by atoms with Gasteiger partial charge in [0, 0.05) is 13.1 Å². The summed E-state index contributed by atoms with van der Waals surface area (Å²) >= 11 is 0. The van der Waals surface area contributed by atoms with E-state index in [4.69, 9.17) is 4.74 Å². The molecule has 82 valence electrons. The first-order valence-corrected chi connectivity index (χ1v) is 5.47. The van der Waals surface area contributed by atoms with Crippen LogP contribution in [0.2, 0.25) is 0 Å². The number of hydrogen-bond acceptors (Lipinski definition) is 3. The van der Waals surface area contributed by atoms with Gasteiger partial charge >= 0.3 is 5.97 Å². The molecule has 1 saturated carbocycles. The van der Waals surface area contributed by atoms with Crippen molar-refractivity contribution >= 4 is 5.97 Å². The van der Waals surface area contributed by atoms with Gasteiger partial charge in [0.05, 0.1) is 13.0 Å². The summed E-state index contributed by atoms with van der Waals surface area (Å²) in [6.07, 6.45) is 2.73. The lowest BCUT2D eigenvalue weighted by Crippen LogP contribution is -2.33. The molecule has 1 rings (SSSR count). The van der Waals surface area contributed by atoms with Gasteiger partial charge in [-0.3, -0.25) is 4.79 Å². The van der Waals surface area contributed by atoms with E-state index >= 15 is 0 Å². The molecule has 3 nitrogen and oxygen atoms in total. The van der Waals surface area contributed by atoms with Crippen molar-refractivity contribution in [2.24, 2.45) is 11.8 Å². The molecule has 0 aliphatic heterocycles. The second-order valence-corrected chi connectivity index (χ2v) is 4.22. The van der Waals surface area contributed by atoms with Gasteiger partial charge in [-0.2, -0.15) is 0 Å². The molecule has 0 spiro atoms. The fourth-order valence-corrected chi connectivity index (χ4v) is 1.66. The van der Waals surface area contributed by atoms with Gasteiger partial charge in [-0.1, -0.05) is 13.8 Å². The minimum absolute atomic E-state index is 0.00120. The molecule has 0 aromatic rings. The predicted molar refractivity (Wildman–Crippen MR) is 56.0 cm³/mol. The summed E-state index contributed by atoms with van der Waals surface area (Å²) in [6.45, 7) is 7.09. The maximum atomic E-state index is 11.2. The molecule has 1 unspecified atom stereocenters. The molecule has 0 amide bonds. The number of nitrogens with zero attached hydrogens (tertiary/aromatic N) is 1. The molecular formula is C11H21NO2. The van der Waals surface area contributed by atoms with Crippen LogP contribution in [0, 0.1) is 11.8 Å².